The van der Waals surface area contributed by atoms with Crippen molar-refractivity contribution < 1.29 is 22.8 Å². The fourth-order valence-corrected chi connectivity index (χ4v) is 5.20. The van der Waals surface area contributed by atoms with Crippen LogP contribution in [0.4, 0.5) is 18.9 Å². The number of anilines is 1. The molecule has 0 aliphatic carbocycles. The molecule has 1 aromatic carbocycles. The van der Waals surface area contributed by atoms with Gasteiger partial charge in [0.25, 0.3) is 11.5 Å². The first-order chi connectivity index (χ1) is 16.6. The van der Waals surface area contributed by atoms with Crippen molar-refractivity contribution in [3.8, 4) is 6.07 Å². The summed E-state index contributed by atoms with van der Waals surface area (Å²) in [5.41, 5.74) is -2.14. The van der Waals surface area contributed by atoms with Gasteiger partial charge in [0.15, 0.2) is 0 Å². The average molecular weight is 487 g/mol. The van der Waals surface area contributed by atoms with Gasteiger partial charge in [-0.15, -0.1) is 0 Å². The first-order valence-electron chi connectivity index (χ1n) is 11.1. The maximum absolute atomic E-state index is 13.4. The van der Waals surface area contributed by atoms with E-state index in [1.165, 1.54) is 36.3 Å². The van der Waals surface area contributed by atoms with Crippen LogP contribution in [0.15, 0.2) is 41.3 Å². The van der Waals surface area contributed by atoms with E-state index in [-0.39, 0.29) is 24.6 Å². The van der Waals surface area contributed by atoms with Crippen molar-refractivity contribution in [3.05, 3.63) is 63.6 Å². The van der Waals surface area contributed by atoms with Gasteiger partial charge in [-0.1, -0.05) is 0 Å². The second kappa shape index (κ2) is 9.09. The summed E-state index contributed by atoms with van der Waals surface area (Å²) in [4.78, 5) is 43.7. The third-order valence-electron chi connectivity index (χ3n) is 7.10. The number of halogens is 3. The molecule has 2 N–H and O–H groups in total. The molecular formula is C24H24F3N5O3. The molecule has 184 valence electrons. The Morgan fingerprint density at radius 2 is 1.94 bits per heavy atom. The molecule has 4 rings (SSSR count). The lowest BCUT2D eigenvalue weighted by Crippen LogP contribution is -2.48. The number of carbonyl (C=O) groups excluding carboxylic acids is 2. The van der Waals surface area contributed by atoms with Crippen LogP contribution in [-0.4, -0.2) is 54.9 Å². The highest BCUT2D eigenvalue weighted by Crippen LogP contribution is 2.46. The molecule has 1 atom stereocenters. The van der Waals surface area contributed by atoms with Crippen molar-refractivity contribution in [2.24, 2.45) is 11.3 Å². The minimum atomic E-state index is -4.65. The maximum atomic E-state index is 13.4. The molecule has 2 amide bonds. The van der Waals surface area contributed by atoms with E-state index < -0.39 is 40.1 Å². The number of benzene rings is 1. The number of alkyl halides is 3. The number of nitrogens with one attached hydrogen (secondary N) is 2. The first kappa shape index (κ1) is 24.3. The SMILES string of the molecule is CNC(=O)C1CN(C(=O)c2ccc[nH]c2=O)CC12CCN(c1ccc(C#N)c(C(F)(F)F)c1)CC2. The first-order valence-corrected chi connectivity index (χ1v) is 11.1. The number of nitrogens with zero attached hydrogens (tertiary/aromatic N) is 3. The fraction of sp³-hybridized carbons (Fsp3) is 0.417. The summed E-state index contributed by atoms with van der Waals surface area (Å²) in [5.74, 6) is -1.18. The maximum Gasteiger partial charge on any atom is 0.417 e. The molecule has 11 heteroatoms. The molecule has 0 radical (unpaired) electrons. The number of hydrogen-bond acceptors (Lipinski definition) is 5. The number of aromatic nitrogens is 1. The molecule has 1 spiro atoms. The number of carbonyl (C=O) groups is 2. The van der Waals surface area contributed by atoms with Crippen molar-refractivity contribution >= 4 is 17.5 Å². The topological polar surface area (TPSA) is 109 Å². The summed E-state index contributed by atoms with van der Waals surface area (Å²) in [6.45, 7) is 1.18. The van der Waals surface area contributed by atoms with Gasteiger partial charge in [0.1, 0.15) is 5.56 Å². The van der Waals surface area contributed by atoms with Crippen LogP contribution >= 0.6 is 0 Å². The van der Waals surface area contributed by atoms with Crippen molar-refractivity contribution in [2.45, 2.75) is 19.0 Å². The minimum absolute atomic E-state index is 0.00472. The Morgan fingerprint density at radius 3 is 2.54 bits per heavy atom. The predicted molar refractivity (Wildman–Crippen MR) is 121 cm³/mol. The number of H-pyrrole nitrogens is 1. The van der Waals surface area contributed by atoms with Crippen LogP contribution in [0, 0.1) is 22.7 Å². The Bertz CT molecular complexity index is 1240. The van der Waals surface area contributed by atoms with E-state index >= 15 is 0 Å². The molecule has 8 nitrogen and oxygen atoms in total. The van der Waals surface area contributed by atoms with Crippen molar-refractivity contribution in [3.63, 3.8) is 0 Å². The highest BCUT2D eigenvalue weighted by molar-refractivity contribution is 5.95. The largest absolute Gasteiger partial charge is 0.417 e. The van der Waals surface area contributed by atoms with Crippen LogP contribution in [0.3, 0.4) is 0 Å². The number of amides is 2. The van der Waals surface area contributed by atoms with E-state index in [0.29, 0.717) is 31.6 Å². The summed E-state index contributed by atoms with van der Waals surface area (Å²) in [7, 11) is 1.52. The number of likely N-dealkylation sites (tertiary alicyclic amines) is 1. The van der Waals surface area contributed by atoms with Gasteiger partial charge in [0.2, 0.25) is 5.91 Å². The van der Waals surface area contributed by atoms with E-state index in [4.69, 9.17) is 5.26 Å². The smallest absolute Gasteiger partial charge is 0.371 e. The van der Waals surface area contributed by atoms with E-state index in [9.17, 15) is 27.6 Å². The molecule has 2 aliphatic heterocycles. The average Bonchev–Trinajstić information content (AvgIpc) is 3.21. The molecule has 0 saturated carbocycles. The second-order valence-electron chi connectivity index (χ2n) is 8.95. The van der Waals surface area contributed by atoms with E-state index in [1.807, 2.05) is 0 Å². The summed E-state index contributed by atoms with van der Waals surface area (Å²) in [6.07, 6.45) is -2.27. The molecular weight excluding hydrogens is 463 g/mol. The van der Waals surface area contributed by atoms with Crippen LogP contribution in [0.1, 0.15) is 34.3 Å². The third-order valence-corrected chi connectivity index (χ3v) is 7.10. The van der Waals surface area contributed by atoms with Gasteiger partial charge in [-0.2, -0.15) is 18.4 Å². The second-order valence-corrected chi connectivity index (χ2v) is 8.95. The lowest BCUT2D eigenvalue weighted by Gasteiger charge is -2.43. The van der Waals surface area contributed by atoms with Crippen LogP contribution in [0.25, 0.3) is 0 Å². The van der Waals surface area contributed by atoms with E-state index in [1.54, 1.807) is 17.0 Å². The Kier molecular flexibility index (Phi) is 6.32. The molecule has 2 aliphatic rings. The van der Waals surface area contributed by atoms with Gasteiger partial charge in [-0.3, -0.25) is 14.4 Å². The highest BCUT2D eigenvalue weighted by Gasteiger charge is 2.52. The normalized spacial score (nSPS) is 19.5. The van der Waals surface area contributed by atoms with Gasteiger partial charge >= 0.3 is 6.18 Å². The molecule has 2 fully saturated rings. The van der Waals surface area contributed by atoms with Crippen LogP contribution < -0.4 is 15.8 Å². The molecule has 1 unspecified atom stereocenters. The number of aromatic amines is 1. The van der Waals surface area contributed by atoms with Gasteiger partial charge < -0.3 is 20.1 Å². The number of hydrogen-bond donors (Lipinski definition) is 2. The Morgan fingerprint density at radius 1 is 1.23 bits per heavy atom. The summed E-state index contributed by atoms with van der Waals surface area (Å²) in [5, 5.41) is 11.7. The number of pyridine rings is 1. The van der Waals surface area contributed by atoms with E-state index in [0.717, 1.165) is 6.07 Å². The molecule has 2 saturated heterocycles. The van der Waals surface area contributed by atoms with Crippen molar-refractivity contribution in [1.29, 1.82) is 5.26 Å². The van der Waals surface area contributed by atoms with Gasteiger partial charge in [0, 0.05) is 50.5 Å². The zero-order valence-corrected chi connectivity index (χ0v) is 19.0. The molecule has 0 bridgehead atoms. The Balaban J connectivity index is 1.57. The summed E-state index contributed by atoms with van der Waals surface area (Å²) in [6, 6.07) is 8.23. The summed E-state index contributed by atoms with van der Waals surface area (Å²) >= 11 is 0. The zero-order valence-electron chi connectivity index (χ0n) is 19.0. The number of piperidine rings is 1. The quantitative estimate of drug-likeness (QED) is 0.691. The fourth-order valence-electron chi connectivity index (χ4n) is 5.20. The number of nitriles is 1. The Labute approximate surface area is 199 Å². The minimum Gasteiger partial charge on any atom is -0.371 e. The zero-order chi connectivity index (χ0) is 25.4. The molecule has 1 aromatic heterocycles. The van der Waals surface area contributed by atoms with Gasteiger partial charge in [-0.05, 0) is 43.2 Å². The Hall–Kier alpha value is -3.81. The number of rotatable bonds is 3. The highest BCUT2D eigenvalue weighted by atomic mass is 19.4. The van der Waals surface area contributed by atoms with Crippen molar-refractivity contribution in [1.82, 2.24) is 15.2 Å². The lowest BCUT2D eigenvalue weighted by atomic mass is 9.70. The van der Waals surface area contributed by atoms with Crippen molar-refractivity contribution in [2.75, 3.05) is 38.1 Å². The molecule has 2 aromatic rings. The van der Waals surface area contributed by atoms with Gasteiger partial charge in [0.05, 0.1) is 23.1 Å². The van der Waals surface area contributed by atoms with Gasteiger partial charge in [-0.25, -0.2) is 0 Å². The van der Waals surface area contributed by atoms with Crippen LogP contribution in [-0.2, 0) is 11.0 Å². The van der Waals surface area contributed by atoms with E-state index in [2.05, 4.69) is 10.3 Å². The van der Waals surface area contributed by atoms with Crippen LogP contribution in [0.5, 0.6) is 0 Å². The third kappa shape index (κ3) is 4.48. The monoisotopic (exact) mass is 487 g/mol. The molecule has 35 heavy (non-hydrogen) atoms. The standard InChI is InChI=1S/C24H24F3N5O3/c1-29-21(34)19-13-32(22(35)17-3-2-8-30-20(17)33)14-23(19)6-9-31(10-7-23)16-5-4-15(12-28)18(11-16)24(25,26)27/h2-5,8,11,19H,6-7,9-10,13-14H2,1H3,(H,29,34)(H,30,33). The summed E-state index contributed by atoms with van der Waals surface area (Å²) < 4.78 is 40.2. The lowest BCUT2D eigenvalue weighted by molar-refractivity contribution is -0.137. The molecule has 3 heterocycles. The predicted octanol–water partition coefficient (Wildman–Crippen LogP) is 2.37. The van der Waals surface area contributed by atoms with Crippen LogP contribution in [0.2, 0.25) is 0 Å².